The van der Waals surface area contributed by atoms with Crippen LogP contribution < -0.4 is 11.1 Å². The van der Waals surface area contributed by atoms with Crippen LogP contribution in [0.2, 0.25) is 0 Å². The number of terminal acetylenes is 1. The summed E-state index contributed by atoms with van der Waals surface area (Å²) < 4.78 is 1.03. The second-order valence-electron chi connectivity index (χ2n) is 4.63. The first-order valence-corrected chi connectivity index (χ1v) is 6.87. The fraction of sp³-hybridized carbons (Fsp3) is 0.267. The molecule has 1 amide bonds. The van der Waals surface area contributed by atoms with E-state index in [0.29, 0.717) is 17.0 Å². The molecule has 2 aromatic rings. The summed E-state index contributed by atoms with van der Waals surface area (Å²) in [5.74, 6) is 2.38. The third-order valence-electron chi connectivity index (χ3n) is 2.89. The average Bonchev–Trinajstić information content (AvgIpc) is 2.66. The SMILES string of the molecule is C#CCC(C)NC(=O)c1sc2cc(C)ccc2c1N. The van der Waals surface area contributed by atoms with E-state index in [4.69, 9.17) is 12.2 Å². The highest BCUT2D eigenvalue weighted by atomic mass is 32.1. The van der Waals surface area contributed by atoms with Crippen molar-refractivity contribution in [3.8, 4) is 12.3 Å². The first kappa shape index (κ1) is 13.4. The lowest BCUT2D eigenvalue weighted by Gasteiger charge is -2.09. The molecule has 1 aromatic heterocycles. The molecule has 0 aliphatic rings. The fourth-order valence-corrected chi connectivity index (χ4v) is 3.03. The number of carbonyl (C=O) groups is 1. The Morgan fingerprint density at radius 2 is 2.32 bits per heavy atom. The van der Waals surface area contributed by atoms with Gasteiger partial charge in [-0.3, -0.25) is 4.79 Å². The first-order chi connectivity index (χ1) is 9.02. The van der Waals surface area contributed by atoms with Gasteiger partial charge in [-0.25, -0.2) is 0 Å². The minimum absolute atomic E-state index is 0.0520. The molecule has 3 nitrogen and oxygen atoms in total. The van der Waals surface area contributed by atoms with E-state index in [1.54, 1.807) is 0 Å². The van der Waals surface area contributed by atoms with Crippen LogP contribution in [0.25, 0.3) is 10.1 Å². The second kappa shape index (κ2) is 5.33. The molecule has 0 spiro atoms. The zero-order valence-electron chi connectivity index (χ0n) is 11.0. The molecule has 0 bridgehead atoms. The number of hydrogen-bond donors (Lipinski definition) is 2. The van der Waals surface area contributed by atoms with Crippen molar-refractivity contribution >= 4 is 33.0 Å². The number of anilines is 1. The van der Waals surface area contributed by atoms with Crippen molar-refractivity contribution in [2.24, 2.45) is 0 Å². The molecule has 0 saturated heterocycles. The summed E-state index contributed by atoms with van der Waals surface area (Å²) >= 11 is 1.42. The summed E-state index contributed by atoms with van der Waals surface area (Å²) in [4.78, 5) is 12.7. The monoisotopic (exact) mass is 272 g/mol. The third kappa shape index (κ3) is 2.72. The van der Waals surface area contributed by atoms with Gasteiger partial charge in [0.05, 0.1) is 5.69 Å². The van der Waals surface area contributed by atoms with Gasteiger partial charge in [0.1, 0.15) is 4.88 Å². The van der Waals surface area contributed by atoms with Crippen molar-refractivity contribution in [2.75, 3.05) is 5.73 Å². The van der Waals surface area contributed by atoms with E-state index in [9.17, 15) is 4.79 Å². The minimum atomic E-state index is -0.154. The van der Waals surface area contributed by atoms with Crippen molar-refractivity contribution in [3.05, 3.63) is 28.6 Å². The largest absolute Gasteiger partial charge is 0.397 e. The maximum Gasteiger partial charge on any atom is 0.263 e. The number of hydrogen-bond acceptors (Lipinski definition) is 3. The van der Waals surface area contributed by atoms with Gasteiger partial charge in [0.25, 0.3) is 5.91 Å². The normalized spacial score (nSPS) is 12.1. The summed E-state index contributed by atoms with van der Waals surface area (Å²) in [6.07, 6.45) is 5.74. The number of amides is 1. The van der Waals surface area contributed by atoms with Crippen molar-refractivity contribution in [1.82, 2.24) is 5.32 Å². The molecule has 2 rings (SSSR count). The van der Waals surface area contributed by atoms with Crippen molar-refractivity contribution < 1.29 is 4.79 Å². The lowest BCUT2D eigenvalue weighted by Crippen LogP contribution is -2.32. The topological polar surface area (TPSA) is 55.1 Å². The quantitative estimate of drug-likeness (QED) is 0.844. The van der Waals surface area contributed by atoms with E-state index >= 15 is 0 Å². The predicted molar refractivity (Wildman–Crippen MR) is 81.4 cm³/mol. The maximum absolute atomic E-state index is 12.2. The van der Waals surface area contributed by atoms with Crippen LogP contribution in [0.4, 0.5) is 5.69 Å². The number of nitrogen functional groups attached to an aromatic ring is 1. The molecule has 0 aliphatic heterocycles. The minimum Gasteiger partial charge on any atom is -0.397 e. The molecule has 4 heteroatoms. The van der Waals surface area contributed by atoms with Crippen LogP contribution in [-0.2, 0) is 0 Å². The molecule has 0 saturated carbocycles. The maximum atomic E-state index is 12.2. The van der Waals surface area contributed by atoms with Gasteiger partial charge in [0, 0.05) is 22.5 Å². The van der Waals surface area contributed by atoms with Gasteiger partial charge < -0.3 is 11.1 Å². The van der Waals surface area contributed by atoms with Crippen LogP contribution in [-0.4, -0.2) is 11.9 Å². The van der Waals surface area contributed by atoms with Crippen LogP contribution in [0.3, 0.4) is 0 Å². The Bertz CT molecular complexity index is 667. The van der Waals surface area contributed by atoms with Gasteiger partial charge in [-0.2, -0.15) is 0 Å². The fourth-order valence-electron chi connectivity index (χ4n) is 1.91. The Balaban J connectivity index is 2.33. The molecular weight excluding hydrogens is 256 g/mol. The van der Waals surface area contributed by atoms with Gasteiger partial charge in [-0.1, -0.05) is 12.1 Å². The molecule has 1 aromatic carbocycles. The van der Waals surface area contributed by atoms with E-state index in [1.807, 2.05) is 32.0 Å². The highest BCUT2D eigenvalue weighted by molar-refractivity contribution is 7.21. The average molecular weight is 272 g/mol. The van der Waals surface area contributed by atoms with Gasteiger partial charge >= 0.3 is 0 Å². The molecule has 0 fully saturated rings. The summed E-state index contributed by atoms with van der Waals surface area (Å²) in [6, 6.07) is 5.94. The summed E-state index contributed by atoms with van der Waals surface area (Å²) in [7, 11) is 0. The number of fused-ring (bicyclic) bond motifs is 1. The molecule has 19 heavy (non-hydrogen) atoms. The predicted octanol–water partition coefficient (Wildman–Crippen LogP) is 2.93. The van der Waals surface area contributed by atoms with Gasteiger partial charge in [-0.05, 0) is 25.5 Å². The molecule has 0 aliphatic carbocycles. The van der Waals surface area contributed by atoms with E-state index < -0.39 is 0 Å². The Hall–Kier alpha value is -1.99. The summed E-state index contributed by atoms with van der Waals surface area (Å²) in [5, 5.41) is 3.80. The van der Waals surface area contributed by atoms with Crippen molar-refractivity contribution in [3.63, 3.8) is 0 Å². The Labute approximate surface area is 116 Å². The van der Waals surface area contributed by atoms with Gasteiger partial charge in [0.2, 0.25) is 0 Å². The van der Waals surface area contributed by atoms with Crippen LogP contribution >= 0.6 is 11.3 Å². The smallest absolute Gasteiger partial charge is 0.263 e. The number of nitrogens with two attached hydrogens (primary N) is 1. The molecule has 1 heterocycles. The van der Waals surface area contributed by atoms with Gasteiger partial charge in [-0.15, -0.1) is 23.7 Å². The number of rotatable bonds is 3. The molecule has 1 atom stereocenters. The number of thiophene rings is 1. The highest BCUT2D eigenvalue weighted by Gasteiger charge is 2.17. The molecule has 98 valence electrons. The lowest BCUT2D eigenvalue weighted by molar-refractivity contribution is 0.0946. The molecule has 1 unspecified atom stereocenters. The van der Waals surface area contributed by atoms with E-state index in [2.05, 4.69) is 11.2 Å². The molecule has 3 N–H and O–H groups in total. The van der Waals surface area contributed by atoms with Crippen LogP contribution in [0.1, 0.15) is 28.6 Å². The summed E-state index contributed by atoms with van der Waals surface area (Å²) in [6.45, 7) is 3.90. The number of carbonyl (C=O) groups excluding carboxylic acids is 1. The Morgan fingerprint density at radius 3 is 3.00 bits per heavy atom. The van der Waals surface area contributed by atoms with Crippen LogP contribution in [0.15, 0.2) is 18.2 Å². The number of benzene rings is 1. The Morgan fingerprint density at radius 1 is 1.58 bits per heavy atom. The summed E-state index contributed by atoms with van der Waals surface area (Å²) in [5.41, 5.74) is 7.75. The van der Waals surface area contributed by atoms with Gasteiger partial charge in [0.15, 0.2) is 0 Å². The van der Waals surface area contributed by atoms with Crippen molar-refractivity contribution in [2.45, 2.75) is 26.3 Å². The van der Waals surface area contributed by atoms with Crippen LogP contribution in [0, 0.1) is 19.3 Å². The second-order valence-corrected chi connectivity index (χ2v) is 5.68. The van der Waals surface area contributed by atoms with E-state index in [0.717, 1.165) is 15.6 Å². The standard InChI is InChI=1S/C15H16N2OS/c1-4-5-10(3)17-15(18)14-13(16)11-7-6-9(2)8-12(11)19-14/h1,6-8,10H,5,16H2,2-3H3,(H,17,18). The van der Waals surface area contributed by atoms with Crippen molar-refractivity contribution in [1.29, 1.82) is 0 Å². The van der Waals surface area contributed by atoms with E-state index in [-0.39, 0.29) is 11.9 Å². The first-order valence-electron chi connectivity index (χ1n) is 6.06. The number of nitrogens with one attached hydrogen (secondary N) is 1. The zero-order valence-corrected chi connectivity index (χ0v) is 11.8. The van der Waals surface area contributed by atoms with Crippen LogP contribution in [0.5, 0.6) is 0 Å². The Kier molecular flexibility index (Phi) is 3.77. The zero-order chi connectivity index (χ0) is 14.0. The molecule has 0 radical (unpaired) electrons. The lowest BCUT2D eigenvalue weighted by atomic mass is 10.1. The highest BCUT2D eigenvalue weighted by Crippen LogP contribution is 2.34. The molecular formula is C15H16N2OS. The number of aryl methyl sites for hydroxylation is 1. The third-order valence-corrected chi connectivity index (χ3v) is 4.06. The van der Waals surface area contributed by atoms with E-state index in [1.165, 1.54) is 11.3 Å².